The molecule has 4 rings (SSSR count). The highest BCUT2D eigenvalue weighted by molar-refractivity contribution is 7.99. The molecule has 3 heterocycles. The third kappa shape index (κ3) is 5.62. The van der Waals surface area contributed by atoms with Gasteiger partial charge in [-0.3, -0.25) is 4.79 Å². The van der Waals surface area contributed by atoms with E-state index in [0.29, 0.717) is 20.7 Å². The fraction of sp³-hybridized carbons (Fsp3) is 0.182. The van der Waals surface area contributed by atoms with Crippen molar-refractivity contribution in [2.24, 2.45) is 0 Å². The number of benzene rings is 1. The summed E-state index contributed by atoms with van der Waals surface area (Å²) >= 11 is 2.36. The molecule has 1 N–H and O–H groups in total. The second-order valence-corrected chi connectivity index (χ2v) is 8.74. The minimum atomic E-state index is -0.436. The van der Waals surface area contributed by atoms with Gasteiger partial charge in [-0.1, -0.05) is 35.2 Å². The van der Waals surface area contributed by atoms with Crippen molar-refractivity contribution in [3.63, 3.8) is 0 Å². The first-order chi connectivity index (χ1) is 16.0. The molecule has 4 aromatic rings. The first kappa shape index (κ1) is 22.6. The summed E-state index contributed by atoms with van der Waals surface area (Å²) in [5, 5.41) is 16.4. The molecule has 0 aliphatic carbocycles. The number of thiazole rings is 1. The lowest BCUT2D eigenvalue weighted by Gasteiger charge is -2.05. The Labute approximate surface area is 198 Å². The Balaban J connectivity index is 1.32. The molecular formula is C22H20N6O3S2. The lowest BCUT2D eigenvalue weighted by Crippen LogP contribution is -2.14. The van der Waals surface area contributed by atoms with Gasteiger partial charge in [0.15, 0.2) is 5.13 Å². The third-order valence-electron chi connectivity index (χ3n) is 4.43. The molecule has 1 aromatic carbocycles. The Morgan fingerprint density at radius 2 is 1.97 bits per heavy atom. The number of aryl methyl sites for hydroxylation is 1. The summed E-state index contributed by atoms with van der Waals surface area (Å²) in [6, 6.07) is 13.4. The van der Waals surface area contributed by atoms with Crippen molar-refractivity contribution in [3.05, 3.63) is 65.4 Å². The first-order valence-electron chi connectivity index (χ1n) is 10.0. The van der Waals surface area contributed by atoms with E-state index in [1.165, 1.54) is 11.8 Å². The second-order valence-electron chi connectivity index (χ2n) is 6.75. The second kappa shape index (κ2) is 10.4. The molecule has 0 bridgehead atoms. The molecule has 0 aliphatic heterocycles. The zero-order chi connectivity index (χ0) is 23.2. The molecule has 33 heavy (non-hydrogen) atoms. The first-order valence-corrected chi connectivity index (χ1v) is 11.8. The summed E-state index contributed by atoms with van der Waals surface area (Å²) in [5.41, 5.74) is 3.16. The highest BCUT2D eigenvalue weighted by Gasteiger charge is 2.17. The number of carbonyl (C=O) groups excluding carboxylic acids is 2. The number of carbonyl (C=O) groups is 2. The summed E-state index contributed by atoms with van der Waals surface area (Å²) < 4.78 is 6.77. The van der Waals surface area contributed by atoms with Gasteiger partial charge in [0.2, 0.25) is 5.91 Å². The standard InChI is InChI=1S/C22H20N6O3S2/c1-3-31-21(30)20-14(2)24-22(33-20)25-18(29)13-32-19-10-9-17(26-27-19)15-5-7-16(8-6-15)28-12-4-11-23-28/h4-12H,3,13H2,1-2H3,(H,24,25,29). The lowest BCUT2D eigenvalue weighted by molar-refractivity contribution is -0.113. The summed E-state index contributed by atoms with van der Waals surface area (Å²) in [6.45, 7) is 3.72. The van der Waals surface area contributed by atoms with Crippen LogP contribution in [0.2, 0.25) is 0 Å². The Bertz CT molecular complexity index is 1240. The molecule has 0 saturated heterocycles. The number of ether oxygens (including phenoxy) is 1. The van der Waals surface area contributed by atoms with Crippen molar-refractivity contribution in [3.8, 4) is 16.9 Å². The predicted molar refractivity (Wildman–Crippen MR) is 127 cm³/mol. The number of rotatable bonds is 8. The van der Waals surface area contributed by atoms with Crippen LogP contribution in [0.4, 0.5) is 5.13 Å². The van der Waals surface area contributed by atoms with Gasteiger partial charge in [0.05, 0.1) is 29.4 Å². The van der Waals surface area contributed by atoms with E-state index in [-0.39, 0.29) is 18.3 Å². The minimum Gasteiger partial charge on any atom is -0.462 e. The summed E-state index contributed by atoms with van der Waals surface area (Å²) in [7, 11) is 0. The minimum absolute atomic E-state index is 0.139. The molecule has 9 nitrogen and oxygen atoms in total. The van der Waals surface area contributed by atoms with Crippen molar-refractivity contribution < 1.29 is 14.3 Å². The van der Waals surface area contributed by atoms with Gasteiger partial charge in [-0.2, -0.15) is 5.10 Å². The quantitative estimate of drug-likeness (QED) is 0.297. The Morgan fingerprint density at radius 3 is 2.64 bits per heavy atom. The predicted octanol–water partition coefficient (Wildman–Crippen LogP) is 4.00. The molecule has 0 aliphatic rings. The van der Waals surface area contributed by atoms with E-state index in [2.05, 4.69) is 25.6 Å². The van der Waals surface area contributed by atoms with Crippen LogP contribution in [0, 0.1) is 6.92 Å². The number of esters is 1. The monoisotopic (exact) mass is 480 g/mol. The Hall–Kier alpha value is -3.57. The molecule has 0 radical (unpaired) electrons. The highest BCUT2D eigenvalue weighted by Crippen LogP contribution is 2.25. The van der Waals surface area contributed by atoms with Crippen LogP contribution in [0.25, 0.3) is 16.9 Å². The van der Waals surface area contributed by atoms with Gasteiger partial charge < -0.3 is 10.1 Å². The number of nitrogens with one attached hydrogen (secondary N) is 1. The zero-order valence-electron chi connectivity index (χ0n) is 17.9. The number of thioether (sulfide) groups is 1. The normalized spacial score (nSPS) is 10.7. The molecule has 0 saturated carbocycles. The maximum Gasteiger partial charge on any atom is 0.350 e. The number of hydrogen-bond donors (Lipinski definition) is 1. The summed E-state index contributed by atoms with van der Waals surface area (Å²) in [4.78, 5) is 28.8. The number of hydrogen-bond acceptors (Lipinski definition) is 9. The summed E-state index contributed by atoms with van der Waals surface area (Å²) in [6.07, 6.45) is 3.61. The van der Waals surface area contributed by atoms with E-state index >= 15 is 0 Å². The van der Waals surface area contributed by atoms with Gasteiger partial charge in [-0.25, -0.2) is 14.5 Å². The fourth-order valence-electron chi connectivity index (χ4n) is 2.89. The maximum atomic E-state index is 12.3. The molecule has 1 amide bonds. The van der Waals surface area contributed by atoms with Gasteiger partial charge in [0.1, 0.15) is 9.90 Å². The van der Waals surface area contributed by atoms with Crippen molar-refractivity contribution in [1.82, 2.24) is 25.0 Å². The van der Waals surface area contributed by atoms with E-state index in [1.807, 2.05) is 48.7 Å². The van der Waals surface area contributed by atoms with Crippen LogP contribution in [-0.2, 0) is 9.53 Å². The molecule has 0 atom stereocenters. The zero-order valence-corrected chi connectivity index (χ0v) is 19.5. The number of anilines is 1. The SMILES string of the molecule is CCOC(=O)c1sc(NC(=O)CSc2ccc(-c3ccc(-n4cccn4)cc3)nn2)nc1C. The highest BCUT2D eigenvalue weighted by atomic mass is 32.2. The van der Waals surface area contributed by atoms with Crippen LogP contribution in [0.1, 0.15) is 22.3 Å². The van der Waals surface area contributed by atoms with Gasteiger partial charge in [-0.15, -0.1) is 10.2 Å². The van der Waals surface area contributed by atoms with E-state index in [1.54, 1.807) is 24.7 Å². The van der Waals surface area contributed by atoms with E-state index in [9.17, 15) is 9.59 Å². The largest absolute Gasteiger partial charge is 0.462 e. The Kier molecular flexibility index (Phi) is 7.10. The molecule has 3 aromatic heterocycles. The van der Waals surface area contributed by atoms with Gasteiger partial charge >= 0.3 is 5.97 Å². The van der Waals surface area contributed by atoms with Crippen LogP contribution in [0.3, 0.4) is 0 Å². The molecule has 168 valence electrons. The van der Waals surface area contributed by atoms with Crippen LogP contribution in [0.5, 0.6) is 0 Å². The van der Waals surface area contributed by atoms with Gasteiger partial charge in [0, 0.05) is 18.0 Å². The fourth-order valence-corrected chi connectivity index (χ4v) is 4.38. The van der Waals surface area contributed by atoms with Gasteiger partial charge in [-0.05, 0) is 44.2 Å². The average molecular weight is 481 g/mol. The van der Waals surface area contributed by atoms with Crippen LogP contribution >= 0.6 is 23.1 Å². The van der Waals surface area contributed by atoms with Crippen molar-refractivity contribution in [1.29, 1.82) is 0 Å². The number of aromatic nitrogens is 5. The molecule has 11 heteroatoms. The lowest BCUT2D eigenvalue weighted by atomic mass is 10.1. The van der Waals surface area contributed by atoms with Crippen molar-refractivity contribution in [2.45, 2.75) is 18.9 Å². The van der Waals surface area contributed by atoms with E-state index < -0.39 is 5.97 Å². The van der Waals surface area contributed by atoms with E-state index in [4.69, 9.17) is 4.74 Å². The summed E-state index contributed by atoms with van der Waals surface area (Å²) in [5.74, 6) is -0.544. The average Bonchev–Trinajstić information content (AvgIpc) is 3.48. The number of amides is 1. The van der Waals surface area contributed by atoms with Crippen LogP contribution < -0.4 is 5.32 Å². The maximum absolute atomic E-state index is 12.3. The molecule has 0 spiro atoms. The van der Waals surface area contributed by atoms with Crippen molar-refractivity contribution >= 4 is 40.1 Å². The topological polar surface area (TPSA) is 112 Å². The van der Waals surface area contributed by atoms with Crippen LogP contribution in [-0.4, -0.2) is 49.2 Å². The molecule has 0 unspecified atom stereocenters. The Morgan fingerprint density at radius 1 is 1.15 bits per heavy atom. The molecule has 0 fully saturated rings. The smallest absolute Gasteiger partial charge is 0.350 e. The van der Waals surface area contributed by atoms with Crippen LogP contribution in [0.15, 0.2) is 59.9 Å². The van der Waals surface area contributed by atoms with Gasteiger partial charge in [0.25, 0.3) is 0 Å². The number of nitrogens with zero attached hydrogens (tertiary/aromatic N) is 5. The van der Waals surface area contributed by atoms with E-state index in [0.717, 1.165) is 28.3 Å². The van der Waals surface area contributed by atoms with Crippen molar-refractivity contribution in [2.75, 3.05) is 17.7 Å². The third-order valence-corrected chi connectivity index (χ3v) is 6.40. The molecular weight excluding hydrogens is 460 g/mol.